The lowest BCUT2D eigenvalue weighted by Gasteiger charge is -2.34. The normalized spacial score (nSPS) is 23.0. The first-order valence-electron chi connectivity index (χ1n) is 8.99. The molecule has 0 radical (unpaired) electrons. The van der Waals surface area contributed by atoms with Crippen LogP contribution in [-0.2, 0) is 9.47 Å². The molecule has 0 bridgehead atoms. The fourth-order valence-electron chi connectivity index (χ4n) is 3.11. The maximum Gasteiger partial charge on any atom is 0.184 e. The van der Waals surface area contributed by atoms with Gasteiger partial charge in [0, 0.05) is 5.56 Å². The maximum absolute atomic E-state index is 14.4. The van der Waals surface area contributed by atoms with Crippen molar-refractivity contribution >= 4 is 0 Å². The number of ether oxygens (including phenoxy) is 3. The number of benzene rings is 2. The molecule has 140 valence electrons. The summed E-state index contributed by atoms with van der Waals surface area (Å²) >= 11 is 0. The summed E-state index contributed by atoms with van der Waals surface area (Å²) in [7, 11) is 0. The number of alkyl halides is 1. The highest BCUT2D eigenvalue weighted by atomic mass is 19.1. The van der Waals surface area contributed by atoms with Crippen molar-refractivity contribution in [3.8, 4) is 16.9 Å². The van der Waals surface area contributed by atoms with Crippen molar-refractivity contribution in [2.75, 3.05) is 19.8 Å². The Morgan fingerprint density at radius 3 is 2.27 bits per heavy atom. The second-order valence-electron chi connectivity index (χ2n) is 6.56. The van der Waals surface area contributed by atoms with Crippen molar-refractivity contribution in [1.82, 2.24) is 0 Å². The molecular weight excluding hydrogens is 338 g/mol. The third kappa shape index (κ3) is 4.22. The van der Waals surface area contributed by atoms with Crippen LogP contribution in [0.1, 0.15) is 38.5 Å². The van der Waals surface area contributed by atoms with Crippen LogP contribution in [0.3, 0.4) is 0 Å². The minimum atomic E-state index is -1.40. The number of rotatable bonds is 6. The van der Waals surface area contributed by atoms with Crippen molar-refractivity contribution in [2.45, 2.75) is 38.6 Å². The molecule has 5 heteroatoms. The van der Waals surface area contributed by atoms with Gasteiger partial charge in [0.25, 0.3) is 0 Å². The molecule has 0 unspecified atom stereocenters. The number of hydrogen-bond acceptors (Lipinski definition) is 3. The Labute approximate surface area is 152 Å². The molecule has 3 rings (SSSR count). The Hall–Kier alpha value is -1.98. The van der Waals surface area contributed by atoms with Crippen LogP contribution in [0.4, 0.5) is 8.78 Å². The van der Waals surface area contributed by atoms with Crippen LogP contribution in [0.25, 0.3) is 11.1 Å². The van der Waals surface area contributed by atoms with E-state index in [2.05, 4.69) is 0 Å². The molecule has 0 aliphatic carbocycles. The summed E-state index contributed by atoms with van der Waals surface area (Å²) in [4.78, 5) is 0. The monoisotopic (exact) mass is 362 g/mol. The molecule has 0 aromatic heterocycles. The van der Waals surface area contributed by atoms with E-state index in [0.717, 1.165) is 23.1 Å². The van der Waals surface area contributed by atoms with E-state index in [0.29, 0.717) is 13.0 Å². The molecule has 0 N–H and O–H groups in total. The third-order valence-corrected chi connectivity index (χ3v) is 4.43. The van der Waals surface area contributed by atoms with Gasteiger partial charge in [-0.05, 0) is 36.6 Å². The minimum Gasteiger partial charge on any atom is -0.491 e. The van der Waals surface area contributed by atoms with Crippen LogP contribution < -0.4 is 4.74 Å². The maximum atomic E-state index is 14.4. The van der Waals surface area contributed by atoms with Crippen molar-refractivity contribution in [3.05, 3.63) is 53.8 Å². The largest absolute Gasteiger partial charge is 0.491 e. The Bertz CT molecular complexity index is 723. The fourth-order valence-corrected chi connectivity index (χ4v) is 3.11. The highest BCUT2D eigenvalue weighted by molar-refractivity contribution is 5.64. The van der Waals surface area contributed by atoms with Gasteiger partial charge < -0.3 is 14.2 Å². The van der Waals surface area contributed by atoms with E-state index in [1.54, 1.807) is 6.07 Å². The minimum absolute atomic E-state index is 0.0390. The van der Waals surface area contributed by atoms with Gasteiger partial charge in [0.1, 0.15) is 0 Å². The van der Waals surface area contributed by atoms with Crippen LogP contribution in [0.2, 0.25) is 0 Å². The van der Waals surface area contributed by atoms with Gasteiger partial charge in [-0.3, -0.25) is 0 Å². The summed E-state index contributed by atoms with van der Waals surface area (Å²) in [5, 5.41) is 0. The molecule has 0 atom stereocenters. The lowest BCUT2D eigenvalue weighted by molar-refractivity contribution is -0.238. The predicted molar refractivity (Wildman–Crippen MR) is 96.4 cm³/mol. The number of halogens is 2. The first-order valence-corrected chi connectivity index (χ1v) is 8.99. The van der Waals surface area contributed by atoms with Crippen LogP contribution in [0.15, 0.2) is 42.5 Å². The van der Waals surface area contributed by atoms with E-state index < -0.39 is 12.0 Å². The summed E-state index contributed by atoms with van der Waals surface area (Å²) < 4.78 is 44.8. The zero-order valence-corrected chi connectivity index (χ0v) is 15.1. The zero-order chi connectivity index (χ0) is 18.6. The molecule has 0 spiro atoms. The van der Waals surface area contributed by atoms with Gasteiger partial charge in [0.15, 0.2) is 23.5 Å². The first-order chi connectivity index (χ1) is 12.5. The molecule has 1 fully saturated rings. The molecule has 0 amide bonds. The molecule has 1 aliphatic heterocycles. The van der Waals surface area contributed by atoms with E-state index in [1.807, 2.05) is 44.2 Å². The Morgan fingerprint density at radius 2 is 1.69 bits per heavy atom. The van der Waals surface area contributed by atoms with Crippen LogP contribution in [0.5, 0.6) is 5.75 Å². The highest BCUT2D eigenvalue weighted by Gasteiger charge is 2.36. The zero-order valence-electron chi connectivity index (χ0n) is 15.1. The summed E-state index contributed by atoms with van der Waals surface area (Å²) in [5.41, 5.74) is 1.05. The summed E-state index contributed by atoms with van der Waals surface area (Å²) in [6, 6.07) is 12.4. The third-order valence-electron chi connectivity index (χ3n) is 4.43. The van der Waals surface area contributed by atoms with E-state index in [9.17, 15) is 8.78 Å². The molecule has 1 saturated heterocycles. The average Bonchev–Trinajstić information content (AvgIpc) is 2.64. The van der Waals surface area contributed by atoms with Crippen LogP contribution in [-0.4, -0.2) is 25.5 Å². The van der Waals surface area contributed by atoms with Crippen molar-refractivity contribution < 1.29 is 23.0 Å². The summed E-state index contributed by atoms with van der Waals surface area (Å²) in [5.74, 6) is -0.138. The van der Waals surface area contributed by atoms with Gasteiger partial charge in [0.05, 0.1) is 19.8 Å². The SMILES string of the molecule is CCCC1(F)COC(c2ccc(-c3ccc(OCC)c(F)c3)cc2)OC1. The van der Waals surface area contributed by atoms with Gasteiger partial charge in [-0.1, -0.05) is 43.7 Å². The summed E-state index contributed by atoms with van der Waals surface area (Å²) in [6.07, 6.45) is 0.616. The smallest absolute Gasteiger partial charge is 0.184 e. The van der Waals surface area contributed by atoms with Crippen molar-refractivity contribution in [2.24, 2.45) is 0 Å². The number of hydrogen-bond donors (Lipinski definition) is 0. The first kappa shape index (κ1) is 18.8. The van der Waals surface area contributed by atoms with Gasteiger partial charge >= 0.3 is 0 Å². The standard InChI is InChI=1S/C21H24F2O3/c1-3-11-21(23)13-25-20(26-14-21)16-7-5-15(6-8-16)17-9-10-19(24-4-2)18(22)12-17/h5-10,12,20H,3-4,11,13-14H2,1-2H3. The quantitative estimate of drug-likeness (QED) is 0.684. The second-order valence-corrected chi connectivity index (χ2v) is 6.56. The molecule has 1 heterocycles. The van der Waals surface area contributed by atoms with Gasteiger partial charge in [-0.2, -0.15) is 0 Å². The molecule has 1 aliphatic rings. The Balaban J connectivity index is 1.68. The van der Waals surface area contributed by atoms with Gasteiger partial charge in [-0.15, -0.1) is 0 Å². The van der Waals surface area contributed by atoms with Crippen molar-refractivity contribution in [3.63, 3.8) is 0 Å². The highest BCUT2D eigenvalue weighted by Crippen LogP contribution is 2.33. The van der Waals surface area contributed by atoms with E-state index in [4.69, 9.17) is 14.2 Å². The Morgan fingerprint density at radius 1 is 1.04 bits per heavy atom. The second kappa shape index (κ2) is 8.14. The predicted octanol–water partition coefficient (Wildman–Crippen LogP) is 5.45. The lowest BCUT2D eigenvalue weighted by atomic mass is 10.0. The van der Waals surface area contributed by atoms with E-state index in [1.165, 1.54) is 6.07 Å². The lowest BCUT2D eigenvalue weighted by Crippen LogP contribution is -2.41. The fraction of sp³-hybridized carbons (Fsp3) is 0.429. The van der Waals surface area contributed by atoms with E-state index >= 15 is 0 Å². The molecule has 26 heavy (non-hydrogen) atoms. The topological polar surface area (TPSA) is 27.7 Å². The Kier molecular flexibility index (Phi) is 5.89. The van der Waals surface area contributed by atoms with Crippen LogP contribution >= 0.6 is 0 Å². The average molecular weight is 362 g/mol. The van der Waals surface area contributed by atoms with Crippen molar-refractivity contribution in [1.29, 1.82) is 0 Å². The molecule has 0 saturated carbocycles. The summed E-state index contributed by atoms with van der Waals surface area (Å²) in [6.45, 7) is 4.26. The molecular formula is C21H24F2O3. The van der Waals surface area contributed by atoms with Gasteiger partial charge in [-0.25, -0.2) is 8.78 Å². The molecule has 3 nitrogen and oxygen atoms in total. The van der Waals surface area contributed by atoms with Gasteiger partial charge in [0.2, 0.25) is 0 Å². The van der Waals surface area contributed by atoms with Crippen LogP contribution in [0, 0.1) is 5.82 Å². The molecule has 2 aromatic carbocycles. The molecule has 2 aromatic rings. The van der Waals surface area contributed by atoms with E-state index in [-0.39, 0.29) is 24.8 Å².